The molecule has 1 heterocycles. The number of halogens is 2. The van der Waals surface area contributed by atoms with Crippen molar-refractivity contribution in [2.45, 2.75) is 10.9 Å². The summed E-state index contributed by atoms with van der Waals surface area (Å²) in [5.41, 5.74) is 2.66. The van der Waals surface area contributed by atoms with E-state index in [2.05, 4.69) is 10.2 Å². The lowest BCUT2D eigenvalue weighted by Crippen LogP contribution is -2.01. The predicted molar refractivity (Wildman–Crippen MR) is 132 cm³/mol. The zero-order valence-electron chi connectivity index (χ0n) is 18.2. The molecule has 6 nitrogen and oxygen atoms in total. The Hall–Kier alpha value is -2.87. The van der Waals surface area contributed by atoms with Crippen molar-refractivity contribution in [2.24, 2.45) is 0 Å². The molecule has 0 amide bonds. The molecule has 0 bridgehead atoms. The van der Waals surface area contributed by atoms with Crippen LogP contribution >= 0.6 is 35.0 Å². The SMILES string of the molecule is COc1cc(-c2nnc(SCc3ccc(Cl)cc3Cl)n2-c2ccccc2)cc(OC)c1OC. The van der Waals surface area contributed by atoms with Crippen LogP contribution in [0.15, 0.2) is 65.8 Å². The molecule has 0 radical (unpaired) electrons. The molecular formula is C24H21Cl2N3O3S. The van der Waals surface area contributed by atoms with Crippen molar-refractivity contribution in [1.29, 1.82) is 0 Å². The van der Waals surface area contributed by atoms with Gasteiger partial charge in [0.15, 0.2) is 22.5 Å². The van der Waals surface area contributed by atoms with Crippen LogP contribution in [-0.2, 0) is 5.75 Å². The Bertz CT molecular complexity index is 1240. The van der Waals surface area contributed by atoms with Crippen molar-refractivity contribution < 1.29 is 14.2 Å². The third-order valence-electron chi connectivity index (χ3n) is 4.94. The van der Waals surface area contributed by atoms with E-state index in [4.69, 9.17) is 37.4 Å². The first kappa shape index (κ1) is 23.3. The fourth-order valence-electron chi connectivity index (χ4n) is 3.35. The summed E-state index contributed by atoms with van der Waals surface area (Å²) in [5.74, 6) is 2.84. The second-order valence-electron chi connectivity index (χ2n) is 6.92. The molecule has 0 fully saturated rings. The van der Waals surface area contributed by atoms with Crippen molar-refractivity contribution in [3.05, 3.63) is 76.3 Å². The first-order chi connectivity index (χ1) is 16.0. The molecule has 9 heteroatoms. The van der Waals surface area contributed by atoms with Crippen LogP contribution in [0.1, 0.15) is 5.56 Å². The maximum absolute atomic E-state index is 6.37. The molecule has 0 aliphatic rings. The maximum Gasteiger partial charge on any atom is 0.203 e. The van der Waals surface area contributed by atoms with Crippen LogP contribution in [-0.4, -0.2) is 36.1 Å². The van der Waals surface area contributed by atoms with Gasteiger partial charge in [0.05, 0.1) is 21.3 Å². The predicted octanol–water partition coefficient (Wildman–Crippen LogP) is 6.56. The molecule has 3 aromatic carbocycles. The van der Waals surface area contributed by atoms with Crippen molar-refractivity contribution in [3.63, 3.8) is 0 Å². The molecule has 0 saturated carbocycles. The number of rotatable bonds is 8. The summed E-state index contributed by atoms with van der Waals surface area (Å²) in [6, 6.07) is 19.1. The van der Waals surface area contributed by atoms with Gasteiger partial charge in [-0.3, -0.25) is 4.57 Å². The fourth-order valence-corrected chi connectivity index (χ4v) is 4.86. The number of benzene rings is 3. The van der Waals surface area contributed by atoms with Gasteiger partial charge in [0.2, 0.25) is 5.75 Å². The second-order valence-corrected chi connectivity index (χ2v) is 8.70. The van der Waals surface area contributed by atoms with Gasteiger partial charge in [-0.2, -0.15) is 0 Å². The fraction of sp³-hybridized carbons (Fsp3) is 0.167. The molecular weight excluding hydrogens is 481 g/mol. The van der Waals surface area contributed by atoms with Gasteiger partial charge in [-0.1, -0.05) is 59.2 Å². The summed E-state index contributed by atoms with van der Waals surface area (Å²) < 4.78 is 18.5. The van der Waals surface area contributed by atoms with E-state index in [1.807, 2.05) is 59.2 Å². The van der Waals surface area contributed by atoms with Crippen molar-refractivity contribution >= 4 is 35.0 Å². The number of hydrogen-bond acceptors (Lipinski definition) is 6. The standard InChI is InChI=1S/C24H21Cl2N3O3S/c1-30-20-11-16(12-21(31-2)22(20)32-3)23-27-28-24(29(23)18-7-5-4-6-8-18)33-14-15-9-10-17(25)13-19(15)26/h4-13H,14H2,1-3H3. The van der Waals surface area contributed by atoms with Crippen LogP contribution in [0.5, 0.6) is 17.2 Å². The molecule has 0 N–H and O–H groups in total. The van der Waals surface area contributed by atoms with E-state index in [-0.39, 0.29) is 0 Å². The minimum Gasteiger partial charge on any atom is -0.493 e. The van der Waals surface area contributed by atoms with Crippen LogP contribution in [0.2, 0.25) is 10.0 Å². The van der Waals surface area contributed by atoms with Crippen LogP contribution in [0.25, 0.3) is 17.1 Å². The first-order valence-electron chi connectivity index (χ1n) is 9.93. The quantitative estimate of drug-likeness (QED) is 0.255. The van der Waals surface area contributed by atoms with E-state index in [9.17, 15) is 0 Å². The van der Waals surface area contributed by atoms with Gasteiger partial charge >= 0.3 is 0 Å². The van der Waals surface area contributed by atoms with Gasteiger partial charge < -0.3 is 14.2 Å². The molecule has 0 unspecified atom stereocenters. The number of nitrogens with zero attached hydrogens (tertiary/aromatic N) is 3. The topological polar surface area (TPSA) is 58.4 Å². The average Bonchev–Trinajstić information content (AvgIpc) is 3.27. The summed E-state index contributed by atoms with van der Waals surface area (Å²) in [4.78, 5) is 0. The van der Waals surface area contributed by atoms with E-state index in [0.717, 1.165) is 22.0 Å². The molecule has 0 spiro atoms. The molecule has 1 aromatic heterocycles. The molecule has 4 rings (SSSR count). The molecule has 170 valence electrons. The summed E-state index contributed by atoms with van der Waals surface area (Å²) in [6.07, 6.45) is 0. The third-order valence-corrected chi connectivity index (χ3v) is 6.51. The lowest BCUT2D eigenvalue weighted by molar-refractivity contribution is 0.324. The Morgan fingerprint density at radius 1 is 0.848 bits per heavy atom. The normalized spacial score (nSPS) is 10.8. The van der Waals surface area contributed by atoms with Crippen LogP contribution in [0.4, 0.5) is 0 Å². The van der Waals surface area contributed by atoms with E-state index in [1.54, 1.807) is 27.4 Å². The summed E-state index contributed by atoms with van der Waals surface area (Å²) >= 11 is 13.9. The highest BCUT2D eigenvalue weighted by molar-refractivity contribution is 7.98. The Kier molecular flexibility index (Phi) is 7.33. The highest BCUT2D eigenvalue weighted by Gasteiger charge is 2.21. The average molecular weight is 502 g/mol. The number of aromatic nitrogens is 3. The van der Waals surface area contributed by atoms with E-state index < -0.39 is 0 Å². The highest BCUT2D eigenvalue weighted by Crippen LogP contribution is 2.42. The summed E-state index contributed by atoms with van der Waals surface area (Å²) in [5, 5.41) is 10.9. The van der Waals surface area contributed by atoms with Gasteiger partial charge in [-0.15, -0.1) is 10.2 Å². The third kappa shape index (κ3) is 4.90. The summed E-state index contributed by atoms with van der Waals surface area (Å²) in [7, 11) is 4.74. The number of hydrogen-bond donors (Lipinski definition) is 0. The van der Waals surface area contributed by atoms with Crippen molar-refractivity contribution in [2.75, 3.05) is 21.3 Å². The Balaban J connectivity index is 1.79. The number of para-hydroxylation sites is 1. The Morgan fingerprint density at radius 3 is 2.15 bits per heavy atom. The number of methoxy groups -OCH3 is 3. The molecule has 0 aliphatic heterocycles. The maximum atomic E-state index is 6.37. The zero-order chi connectivity index (χ0) is 23.4. The van der Waals surface area contributed by atoms with E-state index >= 15 is 0 Å². The summed E-state index contributed by atoms with van der Waals surface area (Å²) in [6.45, 7) is 0. The zero-order valence-corrected chi connectivity index (χ0v) is 20.5. The van der Waals surface area contributed by atoms with Crippen LogP contribution in [0.3, 0.4) is 0 Å². The Morgan fingerprint density at radius 2 is 1.55 bits per heavy atom. The van der Waals surface area contributed by atoms with Gasteiger partial charge in [0, 0.05) is 27.0 Å². The van der Waals surface area contributed by atoms with Crippen LogP contribution in [0, 0.1) is 0 Å². The van der Waals surface area contributed by atoms with Crippen molar-refractivity contribution in [3.8, 4) is 34.3 Å². The second kappa shape index (κ2) is 10.4. The van der Waals surface area contributed by atoms with Gasteiger partial charge in [-0.05, 0) is 42.0 Å². The molecule has 33 heavy (non-hydrogen) atoms. The van der Waals surface area contributed by atoms with Gasteiger partial charge in [0.1, 0.15) is 0 Å². The molecule has 0 atom stereocenters. The lowest BCUT2D eigenvalue weighted by Gasteiger charge is -2.15. The lowest BCUT2D eigenvalue weighted by atomic mass is 10.1. The van der Waals surface area contributed by atoms with E-state index in [1.165, 1.54) is 11.8 Å². The molecule has 0 saturated heterocycles. The highest BCUT2D eigenvalue weighted by atomic mass is 35.5. The van der Waals surface area contributed by atoms with Crippen LogP contribution < -0.4 is 14.2 Å². The first-order valence-corrected chi connectivity index (χ1v) is 11.7. The van der Waals surface area contributed by atoms with Crippen molar-refractivity contribution in [1.82, 2.24) is 14.8 Å². The number of ether oxygens (including phenoxy) is 3. The molecule has 0 aliphatic carbocycles. The van der Waals surface area contributed by atoms with Gasteiger partial charge in [-0.25, -0.2) is 0 Å². The van der Waals surface area contributed by atoms with E-state index in [0.29, 0.717) is 38.9 Å². The monoisotopic (exact) mass is 501 g/mol. The largest absolute Gasteiger partial charge is 0.493 e. The van der Waals surface area contributed by atoms with Gasteiger partial charge in [0.25, 0.3) is 0 Å². The number of thioether (sulfide) groups is 1. The minimum absolute atomic E-state index is 0.515. The minimum atomic E-state index is 0.515. The smallest absolute Gasteiger partial charge is 0.203 e. The Labute approximate surface area is 206 Å². The molecule has 4 aromatic rings.